The summed E-state index contributed by atoms with van der Waals surface area (Å²) in [6.45, 7) is 11.3. The molecule has 9 nitrogen and oxygen atoms in total. The van der Waals surface area contributed by atoms with Crippen molar-refractivity contribution in [3.05, 3.63) is 48.6 Å². The third-order valence-corrected chi connectivity index (χ3v) is 9.40. The molecule has 1 aromatic rings. The van der Waals surface area contributed by atoms with Gasteiger partial charge in [-0.1, -0.05) is 45.0 Å². The van der Waals surface area contributed by atoms with E-state index in [1.54, 1.807) is 39.0 Å². The Morgan fingerprint density at radius 3 is 2.21 bits per heavy atom. The van der Waals surface area contributed by atoms with Crippen molar-refractivity contribution in [1.82, 2.24) is 0 Å². The van der Waals surface area contributed by atoms with Gasteiger partial charge in [0.05, 0.1) is 23.0 Å². The molecule has 0 heterocycles. The molecule has 0 saturated heterocycles. The molecule has 3 aliphatic carbocycles. The van der Waals surface area contributed by atoms with Crippen molar-refractivity contribution in [3.63, 3.8) is 0 Å². The number of rotatable bonds is 4. The Kier molecular flexibility index (Phi) is 6.74. The molecule has 4 rings (SSSR count). The zero-order chi connectivity index (χ0) is 28.4. The van der Waals surface area contributed by atoms with Crippen LogP contribution in [0.4, 0.5) is 0 Å². The van der Waals surface area contributed by atoms with Crippen molar-refractivity contribution in [2.24, 2.45) is 28.1 Å². The van der Waals surface area contributed by atoms with Gasteiger partial charge in [0.2, 0.25) is 0 Å². The second-order valence-electron chi connectivity index (χ2n) is 12.1. The van der Waals surface area contributed by atoms with Crippen LogP contribution in [0.25, 0.3) is 0 Å². The number of hydrogen-bond donors (Lipinski definition) is 3. The van der Waals surface area contributed by atoms with E-state index in [1.807, 2.05) is 0 Å². The maximum atomic E-state index is 13.9. The Balaban J connectivity index is 1.95. The Morgan fingerprint density at radius 1 is 1.05 bits per heavy atom. The number of benzene rings is 1. The van der Waals surface area contributed by atoms with Gasteiger partial charge in [0.25, 0.3) is 0 Å². The van der Waals surface area contributed by atoms with Crippen molar-refractivity contribution in [2.75, 3.05) is 0 Å². The van der Waals surface area contributed by atoms with Crippen LogP contribution >= 0.6 is 0 Å². The molecule has 3 saturated carbocycles. The number of carbonyl (C=O) groups is 4. The second kappa shape index (κ2) is 9.10. The molecule has 0 aliphatic heterocycles. The highest BCUT2D eigenvalue weighted by Gasteiger charge is 2.77. The summed E-state index contributed by atoms with van der Waals surface area (Å²) in [6, 6.07) is 8.04. The van der Waals surface area contributed by atoms with Crippen LogP contribution in [-0.2, 0) is 23.9 Å². The van der Waals surface area contributed by atoms with Crippen molar-refractivity contribution in [1.29, 1.82) is 0 Å². The van der Waals surface area contributed by atoms with Crippen LogP contribution < -0.4 is 0 Å². The van der Waals surface area contributed by atoms with Gasteiger partial charge in [-0.05, 0) is 36.8 Å². The number of allylic oxidation sites excluding steroid dienone is 1. The van der Waals surface area contributed by atoms with E-state index in [1.165, 1.54) is 25.1 Å². The Hall–Kier alpha value is -2.88. The molecule has 0 radical (unpaired) electrons. The molecule has 1 aromatic carbocycles. The molecule has 38 heavy (non-hydrogen) atoms. The van der Waals surface area contributed by atoms with E-state index in [4.69, 9.17) is 9.47 Å². The topological polar surface area (TPSA) is 147 Å². The van der Waals surface area contributed by atoms with Gasteiger partial charge < -0.3 is 24.8 Å². The first-order valence-electron chi connectivity index (χ1n) is 12.8. The lowest BCUT2D eigenvalue weighted by Gasteiger charge is -2.67. The first-order chi connectivity index (χ1) is 17.6. The Labute approximate surface area is 221 Å². The van der Waals surface area contributed by atoms with Crippen molar-refractivity contribution < 1.29 is 44.0 Å². The number of ketones is 2. The van der Waals surface area contributed by atoms with Crippen LogP contribution in [0.15, 0.2) is 43.0 Å². The standard InChI is InChI=1S/C29H36O9/c1-7-27(5)14-17(31)21-28(6)18(13-19(32)29(21,36)25(27)35)26(3,4)22(33)20(37-15(2)30)23(28)38-24(34)16-11-9-8-10-12-16/h7-12,18-23,32-33,36H,1,13-14H2,2-6H3/t18-,19+,20-,21+,22+,23-,27-,28-,29-/m0/s1. The zero-order valence-corrected chi connectivity index (χ0v) is 22.3. The number of hydrogen-bond acceptors (Lipinski definition) is 9. The van der Waals surface area contributed by atoms with Gasteiger partial charge in [-0.25, -0.2) is 4.79 Å². The van der Waals surface area contributed by atoms with Gasteiger partial charge in [-0.3, -0.25) is 14.4 Å². The summed E-state index contributed by atoms with van der Waals surface area (Å²) in [6.07, 6.45) is -4.99. The normalized spacial score (nSPS) is 41.9. The fourth-order valence-electron chi connectivity index (χ4n) is 7.45. The number of esters is 2. The molecule has 9 heteroatoms. The number of ether oxygens (including phenoxy) is 2. The molecule has 9 atom stereocenters. The minimum atomic E-state index is -2.51. The maximum Gasteiger partial charge on any atom is 0.338 e. The molecule has 0 unspecified atom stereocenters. The quantitative estimate of drug-likeness (QED) is 0.394. The molecular weight excluding hydrogens is 492 g/mol. The largest absolute Gasteiger partial charge is 0.456 e. The fourth-order valence-corrected chi connectivity index (χ4v) is 7.45. The van der Waals surface area contributed by atoms with E-state index in [-0.39, 0.29) is 18.4 Å². The lowest BCUT2D eigenvalue weighted by atomic mass is 9.39. The second-order valence-corrected chi connectivity index (χ2v) is 12.1. The highest BCUT2D eigenvalue weighted by molar-refractivity contribution is 6.06. The molecule has 206 valence electrons. The first kappa shape index (κ1) is 28.1. The SMILES string of the molecule is C=C[C@@]1(C)CC(=O)[C@H]2[C@](O)(C1=O)[C@H](O)C[C@H]1C(C)(C)[C@H](O)[C@H](OC(C)=O)[C@H](OC(=O)c3ccccc3)[C@@]12C. The van der Waals surface area contributed by atoms with E-state index in [9.17, 15) is 34.5 Å². The highest BCUT2D eigenvalue weighted by Crippen LogP contribution is 2.65. The van der Waals surface area contributed by atoms with Gasteiger partial charge in [0, 0.05) is 18.8 Å². The average Bonchev–Trinajstić information content (AvgIpc) is 2.85. The van der Waals surface area contributed by atoms with E-state index >= 15 is 0 Å². The highest BCUT2D eigenvalue weighted by atomic mass is 16.6. The third-order valence-electron chi connectivity index (χ3n) is 9.40. The predicted molar refractivity (Wildman–Crippen MR) is 135 cm³/mol. The molecule has 3 aliphatic rings. The minimum Gasteiger partial charge on any atom is -0.456 e. The van der Waals surface area contributed by atoms with Crippen LogP contribution in [-0.4, -0.2) is 68.8 Å². The molecule has 0 amide bonds. The third kappa shape index (κ3) is 3.78. The van der Waals surface area contributed by atoms with E-state index in [0.29, 0.717) is 0 Å². The van der Waals surface area contributed by atoms with Crippen LogP contribution in [0.3, 0.4) is 0 Å². The van der Waals surface area contributed by atoms with Gasteiger partial charge in [-0.2, -0.15) is 0 Å². The number of carbonyl (C=O) groups excluding carboxylic acids is 4. The number of aliphatic hydroxyl groups is 3. The smallest absolute Gasteiger partial charge is 0.338 e. The van der Waals surface area contributed by atoms with Gasteiger partial charge in [-0.15, -0.1) is 6.58 Å². The van der Waals surface area contributed by atoms with E-state index in [2.05, 4.69) is 6.58 Å². The van der Waals surface area contributed by atoms with Crippen LogP contribution in [0.5, 0.6) is 0 Å². The van der Waals surface area contributed by atoms with Gasteiger partial charge in [0.1, 0.15) is 18.0 Å². The summed E-state index contributed by atoms with van der Waals surface area (Å²) in [5.41, 5.74) is -6.35. The molecule has 0 spiro atoms. The predicted octanol–water partition coefficient (Wildman–Crippen LogP) is 2.01. The summed E-state index contributed by atoms with van der Waals surface area (Å²) in [5, 5.41) is 34.7. The van der Waals surface area contributed by atoms with Crippen molar-refractivity contribution in [2.45, 2.75) is 77.5 Å². The van der Waals surface area contributed by atoms with Gasteiger partial charge >= 0.3 is 11.9 Å². The van der Waals surface area contributed by atoms with Gasteiger partial charge in [0.15, 0.2) is 17.5 Å². The minimum absolute atomic E-state index is 0.175. The molecule has 0 bridgehead atoms. The maximum absolute atomic E-state index is 13.9. The molecular formula is C29H36O9. The van der Waals surface area contributed by atoms with Crippen LogP contribution in [0, 0.1) is 28.1 Å². The first-order valence-corrected chi connectivity index (χ1v) is 12.8. The Bertz CT molecular complexity index is 1180. The number of fused-ring (bicyclic) bond motifs is 3. The van der Waals surface area contributed by atoms with Crippen LogP contribution in [0.2, 0.25) is 0 Å². The average molecular weight is 529 g/mol. The van der Waals surface area contributed by atoms with Crippen molar-refractivity contribution >= 4 is 23.5 Å². The molecule has 3 N–H and O–H groups in total. The lowest BCUT2D eigenvalue weighted by molar-refractivity contribution is -0.291. The number of aliphatic hydroxyl groups excluding tert-OH is 2. The summed E-state index contributed by atoms with van der Waals surface area (Å²) >= 11 is 0. The van der Waals surface area contributed by atoms with Crippen molar-refractivity contribution in [3.8, 4) is 0 Å². The zero-order valence-electron chi connectivity index (χ0n) is 22.3. The summed E-state index contributed by atoms with van der Waals surface area (Å²) in [7, 11) is 0. The molecule has 0 aromatic heterocycles. The van der Waals surface area contributed by atoms with E-state index in [0.717, 1.165) is 6.92 Å². The van der Waals surface area contributed by atoms with E-state index < -0.39 is 81.6 Å². The summed E-state index contributed by atoms with van der Waals surface area (Å²) in [4.78, 5) is 53.2. The Morgan fingerprint density at radius 2 is 1.66 bits per heavy atom. The summed E-state index contributed by atoms with van der Waals surface area (Å²) < 4.78 is 11.5. The lowest BCUT2D eigenvalue weighted by Crippen LogP contribution is -2.79. The fraction of sp³-hybridized carbons (Fsp3) is 0.586. The van der Waals surface area contributed by atoms with Crippen LogP contribution in [0.1, 0.15) is 57.8 Å². The monoisotopic (exact) mass is 528 g/mol. The number of Topliss-reactive ketones (excluding diaryl/α,β-unsaturated/α-hetero) is 2. The summed E-state index contributed by atoms with van der Waals surface area (Å²) in [5.74, 6) is -5.05. The molecule has 3 fully saturated rings.